The van der Waals surface area contributed by atoms with Crippen LogP contribution in [-0.2, 0) is 4.79 Å². The summed E-state index contributed by atoms with van der Waals surface area (Å²) >= 11 is 0. The Morgan fingerprint density at radius 1 is 1.25 bits per heavy atom. The summed E-state index contributed by atoms with van der Waals surface area (Å²) in [7, 11) is 1.95. The molecule has 3 saturated carbocycles. The average Bonchev–Trinajstić information content (AvgIpc) is 2.94. The van der Waals surface area contributed by atoms with Gasteiger partial charge >= 0.3 is 0 Å². The number of nitrogens with zero attached hydrogens (tertiary/aromatic N) is 1. The summed E-state index contributed by atoms with van der Waals surface area (Å²) in [4.78, 5) is 13.8. The second-order valence-electron chi connectivity index (χ2n) is 5.90. The summed E-state index contributed by atoms with van der Waals surface area (Å²) in [6.07, 6.45) is 7.94. The topological polar surface area (TPSA) is 32.3 Å². The fraction of sp³-hybridized carbons (Fsp3) is 0.923. The second kappa shape index (κ2) is 4.02. The number of fused-ring (bicyclic) bond motifs is 2. The standard InChI is InChI=1S/C13H22N2O/c1-15(11-4-5-11)13(16)8-14-12-7-9-2-3-10(12)6-9/h9-12,14H,2-8H2,1H3. The molecule has 3 nitrogen and oxygen atoms in total. The Morgan fingerprint density at radius 3 is 2.62 bits per heavy atom. The van der Waals surface area contributed by atoms with Crippen LogP contribution < -0.4 is 5.32 Å². The molecule has 3 heteroatoms. The molecule has 2 bridgehead atoms. The molecule has 3 aliphatic carbocycles. The van der Waals surface area contributed by atoms with Crippen molar-refractivity contribution in [2.75, 3.05) is 13.6 Å². The minimum atomic E-state index is 0.283. The predicted octanol–water partition coefficient (Wildman–Crippen LogP) is 1.39. The van der Waals surface area contributed by atoms with E-state index < -0.39 is 0 Å². The van der Waals surface area contributed by atoms with Gasteiger partial charge in [0.1, 0.15) is 0 Å². The maximum Gasteiger partial charge on any atom is 0.236 e. The van der Waals surface area contributed by atoms with Crippen molar-refractivity contribution in [2.24, 2.45) is 11.8 Å². The summed E-state index contributed by atoms with van der Waals surface area (Å²) in [5.74, 6) is 2.10. The SMILES string of the molecule is CN(C(=O)CNC1CC2CCC1C2)C1CC1. The summed E-state index contributed by atoms with van der Waals surface area (Å²) < 4.78 is 0. The second-order valence-corrected chi connectivity index (χ2v) is 5.90. The fourth-order valence-corrected chi connectivity index (χ4v) is 3.50. The molecule has 3 unspecified atom stereocenters. The molecule has 3 atom stereocenters. The molecule has 0 heterocycles. The van der Waals surface area contributed by atoms with E-state index in [1.165, 1.54) is 38.5 Å². The molecule has 1 N–H and O–H groups in total. The number of rotatable bonds is 4. The number of hydrogen-bond acceptors (Lipinski definition) is 2. The third-order valence-corrected chi connectivity index (χ3v) is 4.74. The fourth-order valence-electron chi connectivity index (χ4n) is 3.50. The molecule has 0 radical (unpaired) electrons. The summed E-state index contributed by atoms with van der Waals surface area (Å²) in [6.45, 7) is 0.556. The van der Waals surface area contributed by atoms with Crippen LogP contribution in [0.3, 0.4) is 0 Å². The summed E-state index contributed by atoms with van der Waals surface area (Å²) in [5.41, 5.74) is 0. The smallest absolute Gasteiger partial charge is 0.236 e. The van der Waals surface area contributed by atoms with E-state index in [9.17, 15) is 4.79 Å². The number of hydrogen-bond donors (Lipinski definition) is 1. The highest BCUT2D eigenvalue weighted by molar-refractivity contribution is 5.78. The Morgan fingerprint density at radius 2 is 2.06 bits per heavy atom. The van der Waals surface area contributed by atoms with Gasteiger partial charge in [-0.1, -0.05) is 6.42 Å². The third kappa shape index (κ3) is 1.97. The first-order valence-electron chi connectivity index (χ1n) is 6.73. The predicted molar refractivity (Wildman–Crippen MR) is 63.0 cm³/mol. The van der Waals surface area contributed by atoms with Crippen molar-refractivity contribution in [1.82, 2.24) is 10.2 Å². The van der Waals surface area contributed by atoms with Gasteiger partial charge in [0.25, 0.3) is 0 Å². The zero-order valence-electron chi connectivity index (χ0n) is 10.1. The highest BCUT2D eigenvalue weighted by Gasteiger charge is 2.39. The number of likely N-dealkylation sites (N-methyl/N-ethyl adjacent to an activating group) is 1. The van der Waals surface area contributed by atoms with E-state index in [1.807, 2.05) is 11.9 Å². The molecule has 0 spiro atoms. The van der Waals surface area contributed by atoms with Gasteiger partial charge in [0, 0.05) is 19.1 Å². The first kappa shape index (κ1) is 10.6. The van der Waals surface area contributed by atoms with Crippen LogP contribution in [-0.4, -0.2) is 36.5 Å². The van der Waals surface area contributed by atoms with Crippen molar-refractivity contribution in [3.63, 3.8) is 0 Å². The zero-order chi connectivity index (χ0) is 11.1. The lowest BCUT2D eigenvalue weighted by atomic mass is 9.95. The average molecular weight is 222 g/mol. The van der Waals surface area contributed by atoms with E-state index in [0.717, 1.165) is 11.8 Å². The van der Waals surface area contributed by atoms with Crippen LogP contribution in [0, 0.1) is 11.8 Å². The van der Waals surface area contributed by atoms with Crippen molar-refractivity contribution in [3.05, 3.63) is 0 Å². The Hall–Kier alpha value is -0.570. The van der Waals surface area contributed by atoms with Crippen LogP contribution in [0.1, 0.15) is 38.5 Å². The zero-order valence-corrected chi connectivity index (χ0v) is 10.1. The Labute approximate surface area is 97.6 Å². The van der Waals surface area contributed by atoms with Gasteiger partial charge in [-0.3, -0.25) is 4.79 Å². The number of carbonyl (C=O) groups is 1. The molecular formula is C13H22N2O. The van der Waals surface area contributed by atoms with Gasteiger partial charge in [0.15, 0.2) is 0 Å². The van der Waals surface area contributed by atoms with Gasteiger partial charge in [-0.2, -0.15) is 0 Å². The monoisotopic (exact) mass is 222 g/mol. The van der Waals surface area contributed by atoms with Crippen LogP contribution in [0.5, 0.6) is 0 Å². The molecule has 3 rings (SSSR count). The Balaban J connectivity index is 1.44. The van der Waals surface area contributed by atoms with Crippen LogP contribution in [0.15, 0.2) is 0 Å². The molecule has 1 amide bonds. The van der Waals surface area contributed by atoms with E-state index in [4.69, 9.17) is 0 Å². The minimum absolute atomic E-state index is 0.283. The van der Waals surface area contributed by atoms with Gasteiger partial charge in [0.05, 0.1) is 6.54 Å². The van der Waals surface area contributed by atoms with E-state index in [0.29, 0.717) is 18.6 Å². The molecule has 0 aromatic carbocycles. The molecule has 0 saturated heterocycles. The third-order valence-electron chi connectivity index (χ3n) is 4.74. The molecule has 3 aliphatic rings. The van der Waals surface area contributed by atoms with Gasteiger partial charge in [-0.05, 0) is 43.9 Å². The minimum Gasteiger partial charge on any atom is -0.342 e. The summed E-state index contributed by atoms with van der Waals surface area (Å²) in [5, 5.41) is 3.49. The van der Waals surface area contributed by atoms with E-state index in [-0.39, 0.29) is 5.91 Å². The lowest BCUT2D eigenvalue weighted by Crippen LogP contribution is -2.42. The first-order valence-corrected chi connectivity index (χ1v) is 6.73. The highest BCUT2D eigenvalue weighted by atomic mass is 16.2. The van der Waals surface area contributed by atoms with Gasteiger partial charge < -0.3 is 10.2 Å². The quantitative estimate of drug-likeness (QED) is 0.779. The number of carbonyl (C=O) groups excluding carboxylic acids is 1. The maximum atomic E-state index is 11.9. The molecule has 0 aromatic rings. The van der Waals surface area contributed by atoms with E-state index >= 15 is 0 Å². The van der Waals surface area contributed by atoms with Crippen LogP contribution >= 0.6 is 0 Å². The van der Waals surface area contributed by atoms with Crippen molar-refractivity contribution in [3.8, 4) is 0 Å². The lowest BCUT2D eigenvalue weighted by Gasteiger charge is -2.24. The van der Waals surface area contributed by atoms with Gasteiger partial charge in [-0.15, -0.1) is 0 Å². The molecule has 0 aromatic heterocycles. The highest BCUT2D eigenvalue weighted by Crippen LogP contribution is 2.44. The van der Waals surface area contributed by atoms with Gasteiger partial charge in [0.2, 0.25) is 5.91 Å². The van der Waals surface area contributed by atoms with Crippen LogP contribution in [0.4, 0.5) is 0 Å². The lowest BCUT2D eigenvalue weighted by molar-refractivity contribution is -0.129. The van der Waals surface area contributed by atoms with Crippen molar-refractivity contribution in [1.29, 1.82) is 0 Å². The van der Waals surface area contributed by atoms with E-state index in [2.05, 4.69) is 5.32 Å². The van der Waals surface area contributed by atoms with Crippen molar-refractivity contribution >= 4 is 5.91 Å². The van der Waals surface area contributed by atoms with Gasteiger partial charge in [-0.25, -0.2) is 0 Å². The van der Waals surface area contributed by atoms with Crippen LogP contribution in [0.2, 0.25) is 0 Å². The van der Waals surface area contributed by atoms with Crippen molar-refractivity contribution < 1.29 is 4.79 Å². The molecule has 3 fully saturated rings. The summed E-state index contributed by atoms with van der Waals surface area (Å²) in [6, 6.07) is 1.18. The van der Waals surface area contributed by atoms with Crippen LogP contribution in [0.25, 0.3) is 0 Å². The Kier molecular flexibility index (Phi) is 2.66. The largest absolute Gasteiger partial charge is 0.342 e. The molecule has 16 heavy (non-hydrogen) atoms. The van der Waals surface area contributed by atoms with Crippen molar-refractivity contribution in [2.45, 2.75) is 50.6 Å². The Bertz CT molecular complexity index is 288. The molecule has 90 valence electrons. The molecular weight excluding hydrogens is 200 g/mol. The maximum absolute atomic E-state index is 11.9. The van der Waals surface area contributed by atoms with E-state index in [1.54, 1.807) is 0 Å². The number of nitrogens with one attached hydrogen (secondary N) is 1. The molecule has 0 aliphatic heterocycles. The number of amides is 1. The normalized spacial score (nSPS) is 36.7. The first-order chi connectivity index (χ1) is 7.74.